The Morgan fingerprint density at radius 1 is 1.36 bits per heavy atom. The number of nitrogens with one attached hydrogen (secondary N) is 1. The molecular formula is C21H22FN3O2S. The molecule has 1 unspecified atom stereocenters. The fraction of sp³-hybridized carbons (Fsp3) is 0.238. The normalized spacial score (nSPS) is 13.2. The molecule has 0 amide bonds. The third kappa shape index (κ3) is 5.15. The number of fused-ring (bicyclic) bond motifs is 1. The molecule has 3 aromatic rings. The number of anilines is 1. The molecule has 1 atom stereocenters. The van der Waals surface area contributed by atoms with Gasteiger partial charge in [0, 0.05) is 13.2 Å². The zero-order valence-electron chi connectivity index (χ0n) is 15.7. The molecule has 2 heterocycles. The van der Waals surface area contributed by atoms with Gasteiger partial charge in [0.2, 0.25) is 0 Å². The van der Waals surface area contributed by atoms with Crippen LogP contribution in [0, 0.1) is 0 Å². The van der Waals surface area contributed by atoms with E-state index in [0.717, 1.165) is 32.2 Å². The minimum absolute atomic E-state index is 0.0677. The van der Waals surface area contributed by atoms with E-state index in [9.17, 15) is 9.50 Å². The van der Waals surface area contributed by atoms with Gasteiger partial charge in [-0.25, -0.2) is 14.4 Å². The van der Waals surface area contributed by atoms with E-state index in [4.69, 9.17) is 4.74 Å². The zero-order valence-corrected chi connectivity index (χ0v) is 16.5. The second kappa shape index (κ2) is 9.43. The number of pyridine rings is 1. The van der Waals surface area contributed by atoms with Gasteiger partial charge in [-0.3, -0.25) is 0 Å². The van der Waals surface area contributed by atoms with Crippen LogP contribution in [-0.2, 0) is 0 Å². The number of hydrogen-bond acceptors (Lipinski definition) is 6. The minimum Gasteiger partial charge on any atom is -0.491 e. The molecule has 5 nitrogen and oxygen atoms in total. The third-order valence-corrected chi connectivity index (χ3v) is 5.04. The second-order valence-electron chi connectivity index (χ2n) is 6.19. The van der Waals surface area contributed by atoms with E-state index in [1.807, 2.05) is 62.7 Å². The topological polar surface area (TPSA) is 67.3 Å². The van der Waals surface area contributed by atoms with Gasteiger partial charge in [0.25, 0.3) is 0 Å². The number of alkyl halides is 1. The molecule has 2 N–H and O–H groups in total. The molecule has 3 rings (SSSR count). The number of aromatic nitrogens is 2. The van der Waals surface area contributed by atoms with Crippen molar-refractivity contribution in [3.63, 3.8) is 0 Å². The van der Waals surface area contributed by atoms with Crippen LogP contribution in [0.4, 0.5) is 10.2 Å². The fourth-order valence-electron chi connectivity index (χ4n) is 2.47. The quantitative estimate of drug-likeness (QED) is 0.544. The number of halogens is 1. The lowest BCUT2D eigenvalue weighted by Gasteiger charge is -2.08. The van der Waals surface area contributed by atoms with E-state index in [-0.39, 0.29) is 6.61 Å². The number of rotatable bonds is 8. The van der Waals surface area contributed by atoms with Crippen LogP contribution in [0.5, 0.6) is 5.75 Å². The SMILES string of the molecule is CNc1ccc(/C(C)=C/C=C/c2nc3ccc(OCC(O)CF)cc3s2)cn1. The van der Waals surface area contributed by atoms with Gasteiger partial charge in [0.15, 0.2) is 0 Å². The molecule has 2 aromatic heterocycles. The highest BCUT2D eigenvalue weighted by molar-refractivity contribution is 7.19. The number of allylic oxidation sites excluding steroid dienone is 3. The van der Waals surface area contributed by atoms with Gasteiger partial charge in [-0.1, -0.05) is 12.2 Å². The Hall–Kier alpha value is -2.77. The van der Waals surface area contributed by atoms with Gasteiger partial charge in [-0.15, -0.1) is 11.3 Å². The summed E-state index contributed by atoms with van der Waals surface area (Å²) in [5, 5.41) is 13.1. The lowest BCUT2D eigenvalue weighted by Crippen LogP contribution is -2.19. The molecule has 0 bridgehead atoms. The molecule has 0 saturated carbocycles. The van der Waals surface area contributed by atoms with Crippen LogP contribution in [-0.4, -0.2) is 41.5 Å². The van der Waals surface area contributed by atoms with Crippen LogP contribution in [0.15, 0.2) is 48.7 Å². The van der Waals surface area contributed by atoms with E-state index in [1.54, 1.807) is 6.07 Å². The van der Waals surface area contributed by atoms with Gasteiger partial charge in [0.1, 0.15) is 36.0 Å². The average molecular weight is 399 g/mol. The average Bonchev–Trinajstić information content (AvgIpc) is 3.13. The number of aliphatic hydroxyl groups is 1. The first kappa shape index (κ1) is 20.0. The molecule has 0 saturated heterocycles. The molecule has 0 aliphatic rings. The van der Waals surface area contributed by atoms with E-state index in [0.29, 0.717) is 5.75 Å². The number of benzene rings is 1. The number of hydrogen-bond donors (Lipinski definition) is 2. The maximum absolute atomic E-state index is 12.3. The molecule has 1 aromatic carbocycles. The van der Waals surface area contributed by atoms with Crippen molar-refractivity contribution < 1.29 is 14.2 Å². The molecule has 7 heteroatoms. The maximum atomic E-state index is 12.3. The number of nitrogens with zero attached hydrogens (tertiary/aromatic N) is 2. The van der Waals surface area contributed by atoms with Gasteiger partial charge in [0.05, 0.1) is 10.2 Å². The van der Waals surface area contributed by atoms with Crippen LogP contribution in [0.3, 0.4) is 0 Å². The summed E-state index contributed by atoms with van der Waals surface area (Å²) in [4.78, 5) is 8.89. The summed E-state index contributed by atoms with van der Waals surface area (Å²) in [6.45, 7) is 1.15. The standard InChI is InChI=1S/C21H22FN3O2S/c1-14(15-6-9-20(23-2)24-12-15)4-3-5-21-25-18-8-7-17(10-19(18)28-21)27-13-16(26)11-22/h3-10,12,16,26H,11,13H2,1-2H3,(H,23,24)/b5-3+,14-4+. The molecule has 28 heavy (non-hydrogen) atoms. The molecular weight excluding hydrogens is 377 g/mol. The smallest absolute Gasteiger partial charge is 0.125 e. The monoisotopic (exact) mass is 399 g/mol. The summed E-state index contributed by atoms with van der Waals surface area (Å²) in [5.74, 6) is 1.43. The first-order chi connectivity index (χ1) is 13.6. The molecule has 0 radical (unpaired) electrons. The molecule has 0 aliphatic carbocycles. The van der Waals surface area contributed by atoms with Crippen molar-refractivity contribution in [2.24, 2.45) is 0 Å². The summed E-state index contributed by atoms with van der Waals surface area (Å²) in [6.07, 6.45) is 6.68. The minimum atomic E-state index is -1.10. The summed E-state index contributed by atoms with van der Waals surface area (Å²) in [5.41, 5.74) is 3.04. The maximum Gasteiger partial charge on any atom is 0.125 e. The Kier molecular flexibility index (Phi) is 6.73. The van der Waals surface area contributed by atoms with Gasteiger partial charge in [-0.05, 0) is 54.5 Å². The third-order valence-electron chi connectivity index (χ3n) is 4.06. The highest BCUT2D eigenvalue weighted by Gasteiger charge is 2.07. The zero-order chi connectivity index (χ0) is 19.9. The van der Waals surface area contributed by atoms with Crippen molar-refractivity contribution in [3.8, 4) is 5.75 Å². The lowest BCUT2D eigenvalue weighted by molar-refractivity contribution is 0.0842. The van der Waals surface area contributed by atoms with Crippen molar-refractivity contribution in [1.82, 2.24) is 9.97 Å². The predicted octanol–water partition coefficient (Wildman–Crippen LogP) is 4.56. The van der Waals surface area contributed by atoms with E-state index in [2.05, 4.69) is 15.3 Å². The van der Waals surface area contributed by atoms with Crippen LogP contribution in [0.2, 0.25) is 0 Å². The first-order valence-electron chi connectivity index (χ1n) is 8.85. The Morgan fingerprint density at radius 2 is 2.21 bits per heavy atom. The predicted molar refractivity (Wildman–Crippen MR) is 114 cm³/mol. The Balaban J connectivity index is 1.69. The van der Waals surface area contributed by atoms with E-state index < -0.39 is 12.8 Å². The van der Waals surface area contributed by atoms with Gasteiger partial charge < -0.3 is 15.2 Å². The van der Waals surface area contributed by atoms with Crippen LogP contribution >= 0.6 is 11.3 Å². The Bertz CT molecular complexity index is 983. The van der Waals surface area contributed by atoms with Crippen molar-refractivity contribution >= 4 is 39.0 Å². The largest absolute Gasteiger partial charge is 0.491 e. The van der Waals surface area contributed by atoms with Crippen molar-refractivity contribution in [2.75, 3.05) is 25.6 Å². The molecule has 0 aliphatic heterocycles. The number of thiazole rings is 1. The van der Waals surface area contributed by atoms with Crippen molar-refractivity contribution in [1.29, 1.82) is 0 Å². The summed E-state index contributed by atoms with van der Waals surface area (Å²) < 4.78 is 18.7. The second-order valence-corrected chi connectivity index (χ2v) is 7.25. The molecule has 146 valence electrons. The molecule has 0 fully saturated rings. The van der Waals surface area contributed by atoms with Crippen molar-refractivity contribution in [3.05, 3.63) is 59.3 Å². The summed E-state index contributed by atoms with van der Waals surface area (Å²) in [7, 11) is 1.84. The number of aliphatic hydroxyl groups excluding tert-OH is 1. The van der Waals surface area contributed by atoms with Crippen molar-refractivity contribution in [2.45, 2.75) is 13.0 Å². The highest BCUT2D eigenvalue weighted by Crippen LogP contribution is 2.27. The van der Waals surface area contributed by atoms with Crippen LogP contribution in [0.25, 0.3) is 21.9 Å². The van der Waals surface area contributed by atoms with Gasteiger partial charge >= 0.3 is 0 Å². The van der Waals surface area contributed by atoms with E-state index >= 15 is 0 Å². The summed E-state index contributed by atoms with van der Waals surface area (Å²) >= 11 is 1.54. The fourth-order valence-corrected chi connectivity index (χ4v) is 3.38. The highest BCUT2D eigenvalue weighted by atomic mass is 32.1. The van der Waals surface area contributed by atoms with Crippen LogP contribution < -0.4 is 10.1 Å². The van der Waals surface area contributed by atoms with Crippen LogP contribution in [0.1, 0.15) is 17.5 Å². The number of ether oxygens (including phenoxy) is 1. The Labute approximate surface area is 167 Å². The van der Waals surface area contributed by atoms with Gasteiger partial charge in [-0.2, -0.15) is 0 Å². The molecule has 0 spiro atoms. The van der Waals surface area contributed by atoms with E-state index in [1.165, 1.54) is 11.3 Å². The summed E-state index contributed by atoms with van der Waals surface area (Å²) in [6, 6.07) is 9.45. The Morgan fingerprint density at radius 3 is 2.93 bits per heavy atom. The first-order valence-corrected chi connectivity index (χ1v) is 9.67. The lowest BCUT2D eigenvalue weighted by atomic mass is 10.1.